The van der Waals surface area contributed by atoms with Crippen molar-refractivity contribution in [2.75, 3.05) is 5.73 Å². The normalized spacial score (nSPS) is 8.00. The van der Waals surface area contributed by atoms with Crippen LogP contribution in [0.15, 0.2) is 24.4 Å². The van der Waals surface area contributed by atoms with Crippen molar-refractivity contribution in [2.24, 2.45) is 0 Å². The monoisotopic (exact) mass is 210 g/mol. The molecule has 0 unspecified atom stereocenters. The van der Waals surface area contributed by atoms with Crippen molar-refractivity contribution in [1.82, 2.24) is 4.98 Å². The summed E-state index contributed by atoms with van der Waals surface area (Å²) in [4.78, 5) is 3.76. The van der Waals surface area contributed by atoms with Gasteiger partial charge < -0.3 is 5.73 Å². The van der Waals surface area contributed by atoms with Crippen LogP contribution in [0.5, 0.6) is 0 Å². The summed E-state index contributed by atoms with van der Waals surface area (Å²) in [5.41, 5.74) is 5.25. The third kappa shape index (κ3) is 15.7. The summed E-state index contributed by atoms with van der Waals surface area (Å²) >= 11 is 0. The van der Waals surface area contributed by atoms with Crippen LogP contribution in [0, 0.1) is 0 Å². The lowest BCUT2D eigenvalue weighted by molar-refractivity contribution is 0.702. The van der Waals surface area contributed by atoms with Crippen molar-refractivity contribution in [3.63, 3.8) is 0 Å². The first-order chi connectivity index (χ1) is 7.31. The Balaban J connectivity index is 0. The summed E-state index contributed by atoms with van der Waals surface area (Å²) in [6.07, 6.45) is 7.20. The van der Waals surface area contributed by atoms with E-state index in [1.54, 1.807) is 12.3 Å². The number of rotatable bonds is 3. The molecule has 0 radical (unpaired) electrons. The largest absolute Gasteiger partial charge is 0.384 e. The summed E-state index contributed by atoms with van der Waals surface area (Å²) in [6, 6.07) is 5.43. The van der Waals surface area contributed by atoms with Crippen LogP contribution in [0.4, 0.5) is 5.82 Å². The van der Waals surface area contributed by atoms with Crippen LogP contribution in [0.2, 0.25) is 0 Å². The highest BCUT2D eigenvalue weighted by Crippen LogP contribution is 1.95. The molecule has 1 rings (SSSR count). The molecule has 0 aliphatic heterocycles. The predicted molar refractivity (Wildman–Crippen MR) is 69.8 cm³/mol. The van der Waals surface area contributed by atoms with Crippen LogP contribution < -0.4 is 5.73 Å². The summed E-state index contributed by atoms with van der Waals surface area (Å²) < 4.78 is 0. The van der Waals surface area contributed by atoms with E-state index in [1.165, 1.54) is 25.7 Å². The molecule has 1 heterocycles. The van der Waals surface area contributed by atoms with E-state index in [-0.39, 0.29) is 0 Å². The zero-order valence-corrected chi connectivity index (χ0v) is 10.7. The molecule has 0 aliphatic rings. The number of nitrogens with zero attached hydrogens (tertiary/aromatic N) is 1. The van der Waals surface area contributed by atoms with Gasteiger partial charge in [0.1, 0.15) is 5.82 Å². The Morgan fingerprint density at radius 3 is 1.80 bits per heavy atom. The lowest BCUT2D eigenvalue weighted by Crippen LogP contribution is -1.85. The van der Waals surface area contributed by atoms with E-state index < -0.39 is 0 Å². The minimum Gasteiger partial charge on any atom is -0.384 e. The molecule has 0 bridgehead atoms. The third-order valence-corrected chi connectivity index (χ3v) is 1.64. The van der Waals surface area contributed by atoms with Gasteiger partial charge in [0.15, 0.2) is 0 Å². The molecule has 15 heavy (non-hydrogen) atoms. The second-order valence-corrected chi connectivity index (χ2v) is 2.96. The number of pyridine rings is 1. The zero-order valence-electron chi connectivity index (χ0n) is 10.7. The smallest absolute Gasteiger partial charge is 0.123 e. The Hall–Kier alpha value is -1.05. The van der Waals surface area contributed by atoms with Gasteiger partial charge in [-0.1, -0.05) is 59.4 Å². The van der Waals surface area contributed by atoms with Gasteiger partial charge in [-0.2, -0.15) is 0 Å². The molecule has 1 aromatic rings. The Morgan fingerprint density at radius 1 is 1.07 bits per heavy atom. The van der Waals surface area contributed by atoms with E-state index in [4.69, 9.17) is 5.73 Å². The van der Waals surface area contributed by atoms with Crippen LogP contribution in [0.25, 0.3) is 0 Å². The van der Waals surface area contributed by atoms with E-state index >= 15 is 0 Å². The Bertz CT molecular complexity index is 181. The van der Waals surface area contributed by atoms with Crippen LogP contribution in [0.1, 0.15) is 53.4 Å². The molecule has 0 saturated carbocycles. The second kappa shape index (κ2) is 15.4. The minimum absolute atomic E-state index is 0.572. The minimum atomic E-state index is 0.572. The number of nitrogen functional groups attached to an aromatic ring is 1. The fourth-order valence-electron chi connectivity index (χ4n) is 0.876. The molecule has 2 nitrogen and oxygen atoms in total. The van der Waals surface area contributed by atoms with Crippen LogP contribution in [0.3, 0.4) is 0 Å². The molecule has 2 heteroatoms. The zero-order chi connectivity index (χ0) is 11.9. The topological polar surface area (TPSA) is 38.9 Å². The first-order valence-electron chi connectivity index (χ1n) is 5.97. The average molecular weight is 210 g/mol. The maximum absolute atomic E-state index is 5.25. The Labute approximate surface area is 94.9 Å². The lowest BCUT2D eigenvalue weighted by Gasteiger charge is -1.86. The molecule has 2 N–H and O–H groups in total. The van der Waals surface area contributed by atoms with Crippen LogP contribution >= 0.6 is 0 Å². The first kappa shape index (κ1) is 16.4. The van der Waals surface area contributed by atoms with E-state index in [9.17, 15) is 0 Å². The standard InChI is InChI=1S/C6H14.C5H6N2.C2H6/c1-3-5-6-4-2;6-5-3-1-2-4-7-5;1-2/h3-6H2,1-2H3;1-4H,(H2,6,7);1-2H3. The van der Waals surface area contributed by atoms with Gasteiger partial charge in [0.25, 0.3) is 0 Å². The molecule has 0 aromatic carbocycles. The van der Waals surface area contributed by atoms with E-state index in [2.05, 4.69) is 18.8 Å². The van der Waals surface area contributed by atoms with E-state index in [0.717, 1.165) is 0 Å². The van der Waals surface area contributed by atoms with Gasteiger partial charge in [0, 0.05) is 6.20 Å². The molecule has 88 valence electrons. The lowest BCUT2D eigenvalue weighted by atomic mass is 10.2. The third-order valence-electron chi connectivity index (χ3n) is 1.64. The number of nitrogens with two attached hydrogens (primary N) is 1. The molecule has 1 aromatic heterocycles. The maximum Gasteiger partial charge on any atom is 0.123 e. The van der Waals surface area contributed by atoms with Crippen molar-refractivity contribution >= 4 is 5.82 Å². The molecule has 0 aliphatic carbocycles. The van der Waals surface area contributed by atoms with Crippen molar-refractivity contribution in [2.45, 2.75) is 53.4 Å². The molecule has 0 spiro atoms. The second-order valence-electron chi connectivity index (χ2n) is 2.96. The Kier molecular flexibility index (Phi) is 16.8. The maximum atomic E-state index is 5.25. The number of unbranched alkanes of at least 4 members (excludes halogenated alkanes) is 3. The number of anilines is 1. The summed E-state index contributed by atoms with van der Waals surface area (Å²) in [5.74, 6) is 0.572. The summed E-state index contributed by atoms with van der Waals surface area (Å²) in [6.45, 7) is 8.46. The van der Waals surface area contributed by atoms with Crippen molar-refractivity contribution < 1.29 is 0 Å². The molecular formula is C13H26N2. The van der Waals surface area contributed by atoms with Gasteiger partial charge >= 0.3 is 0 Å². The van der Waals surface area contributed by atoms with Gasteiger partial charge in [-0.25, -0.2) is 4.98 Å². The average Bonchev–Trinajstić information content (AvgIpc) is 2.31. The molecule has 0 saturated heterocycles. The SMILES string of the molecule is CC.CCCCCC.Nc1ccccn1. The van der Waals surface area contributed by atoms with E-state index in [0.29, 0.717) is 5.82 Å². The van der Waals surface area contributed by atoms with Gasteiger partial charge in [0.2, 0.25) is 0 Å². The quantitative estimate of drug-likeness (QED) is 0.756. The highest BCUT2D eigenvalue weighted by atomic mass is 14.8. The van der Waals surface area contributed by atoms with E-state index in [1.807, 2.05) is 26.0 Å². The molecule has 0 amide bonds. The fourth-order valence-corrected chi connectivity index (χ4v) is 0.876. The van der Waals surface area contributed by atoms with Crippen molar-refractivity contribution in [3.05, 3.63) is 24.4 Å². The number of aromatic nitrogens is 1. The summed E-state index contributed by atoms with van der Waals surface area (Å²) in [5, 5.41) is 0. The van der Waals surface area contributed by atoms with Gasteiger partial charge in [0.05, 0.1) is 0 Å². The first-order valence-corrected chi connectivity index (χ1v) is 5.97. The molecule has 0 atom stereocenters. The van der Waals surface area contributed by atoms with Crippen LogP contribution in [-0.2, 0) is 0 Å². The number of hydrogen-bond acceptors (Lipinski definition) is 2. The van der Waals surface area contributed by atoms with Crippen LogP contribution in [-0.4, -0.2) is 4.98 Å². The highest BCUT2D eigenvalue weighted by molar-refractivity contribution is 5.25. The number of hydrogen-bond donors (Lipinski definition) is 1. The van der Waals surface area contributed by atoms with Crippen molar-refractivity contribution in [1.29, 1.82) is 0 Å². The van der Waals surface area contributed by atoms with Gasteiger partial charge in [-0.05, 0) is 12.1 Å². The highest BCUT2D eigenvalue weighted by Gasteiger charge is 1.75. The predicted octanol–water partition coefficient (Wildman–Crippen LogP) is 4.28. The fraction of sp³-hybridized carbons (Fsp3) is 0.615. The van der Waals surface area contributed by atoms with Crippen molar-refractivity contribution in [3.8, 4) is 0 Å². The summed E-state index contributed by atoms with van der Waals surface area (Å²) in [7, 11) is 0. The van der Waals surface area contributed by atoms with Gasteiger partial charge in [-0.15, -0.1) is 0 Å². The molecule has 0 fully saturated rings. The molecular weight excluding hydrogens is 184 g/mol. The Morgan fingerprint density at radius 2 is 1.60 bits per heavy atom. The van der Waals surface area contributed by atoms with Gasteiger partial charge in [-0.3, -0.25) is 0 Å².